The second-order valence-corrected chi connectivity index (χ2v) is 5.03. The molecule has 0 atom stereocenters. The highest BCUT2D eigenvalue weighted by Gasteiger charge is 2.19. The topological polar surface area (TPSA) is 86.8 Å². The fourth-order valence-electron chi connectivity index (χ4n) is 2.35. The molecule has 0 bridgehead atoms. The summed E-state index contributed by atoms with van der Waals surface area (Å²) in [7, 11) is 0. The predicted molar refractivity (Wildman–Crippen MR) is 77.8 cm³/mol. The number of nitriles is 1. The molecule has 3 aromatic heterocycles. The molecule has 0 aliphatic rings. The third-order valence-electron chi connectivity index (χ3n) is 3.33. The number of nitrogens with zero attached hydrogens (tertiary/aromatic N) is 4. The van der Waals surface area contributed by atoms with Crippen LogP contribution < -0.4 is 5.56 Å². The van der Waals surface area contributed by atoms with E-state index in [2.05, 4.69) is 15.1 Å². The second kappa shape index (κ2) is 4.87. The lowest BCUT2D eigenvalue weighted by molar-refractivity contribution is 0.797. The van der Waals surface area contributed by atoms with Crippen molar-refractivity contribution >= 4 is 5.65 Å². The normalized spacial score (nSPS) is 11.0. The zero-order chi connectivity index (χ0) is 15.0. The van der Waals surface area contributed by atoms with Gasteiger partial charge >= 0.3 is 0 Å². The van der Waals surface area contributed by atoms with Crippen molar-refractivity contribution in [2.75, 3.05) is 0 Å². The highest BCUT2D eigenvalue weighted by Crippen LogP contribution is 2.25. The molecule has 3 heterocycles. The quantitative estimate of drug-likeness (QED) is 0.778. The number of rotatable bonds is 2. The summed E-state index contributed by atoms with van der Waals surface area (Å²) in [5, 5.41) is 11.9. The molecule has 0 amide bonds. The Bertz CT molecular complexity index is 899. The standard InChI is InChI=1S/C15H13N5O/c1-9(2)12-13(10-4-3-5-17-7-10)19-14-11(6-16)8-18-20(14)15(12)21/h3-5,7-9,18H,1-2H3. The highest BCUT2D eigenvalue weighted by atomic mass is 16.1. The Morgan fingerprint density at radius 1 is 1.43 bits per heavy atom. The van der Waals surface area contributed by atoms with E-state index in [-0.39, 0.29) is 11.5 Å². The largest absolute Gasteiger partial charge is 0.295 e. The van der Waals surface area contributed by atoms with Crippen LogP contribution in [0.4, 0.5) is 0 Å². The second-order valence-electron chi connectivity index (χ2n) is 5.03. The van der Waals surface area contributed by atoms with Gasteiger partial charge in [0.1, 0.15) is 11.6 Å². The predicted octanol–water partition coefficient (Wildman–Crippen LogP) is 2.08. The van der Waals surface area contributed by atoms with Gasteiger partial charge in [0.25, 0.3) is 5.56 Å². The number of H-pyrrole nitrogens is 1. The van der Waals surface area contributed by atoms with Crippen LogP contribution in [0.15, 0.2) is 35.5 Å². The molecule has 0 aromatic carbocycles. The molecule has 1 N–H and O–H groups in total. The fourth-order valence-corrected chi connectivity index (χ4v) is 2.35. The van der Waals surface area contributed by atoms with Crippen molar-refractivity contribution in [2.24, 2.45) is 0 Å². The number of nitrogens with one attached hydrogen (secondary N) is 1. The first-order valence-corrected chi connectivity index (χ1v) is 6.58. The molecule has 6 nitrogen and oxygen atoms in total. The van der Waals surface area contributed by atoms with Gasteiger partial charge in [-0.2, -0.15) is 5.26 Å². The van der Waals surface area contributed by atoms with E-state index in [1.165, 1.54) is 10.7 Å². The Labute approximate surface area is 120 Å². The van der Waals surface area contributed by atoms with Crippen LogP contribution in [-0.2, 0) is 0 Å². The molecule has 0 spiro atoms. The van der Waals surface area contributed by atoms with Crippen LogP contribution in [-0.4, -0.2) is 19.6 Å². The zero-order valence-corrected chi connectivity index (χ0v) is 11.7. The number of pyridine rings is 1. The molecular weight excluding hydrogens is 266 g/mol. The van der Waals surface area contributed by atoms with Crippen LogP contribution in [0.1, 0.15) is 30.9 Å². The number of hydrogen-bond donors (Lipinski definition) is 1. The molecule has 21 heavy (non-hydrogen) atoms. The van der Waals surface area contributed by atoms with Gasteiger partial charge in [-0.3, -0.25) is 14.9 Å². The summed E-state index contributed by atoms with van der Waals surface area (Å²) in [6.45, 7) is 3.89. The third kappa shape index (κ3) is 1.99. The van der Waals surface area contributed by atoms with Crippen LogP contribution in [0.5, 0.6) is 0 Å². The summed E-state index contributed by atoms with van der Waals surface area (Å²) in [5.41, 5.74) is 2.45. The molecule has 3 aromatic rings. The molecule has 0 saturated carbocycles. The minimum atomic E-state index is -0.185. The van der Waals surface area contributed by atoms with Crippen molar-refractivity contribution in [3.8, 4) is 17.3 Å². The van der Waals surface area contributed by atoms with Crippen LogP contribution in [0.25, 0.3) is 16.9 Å². The van der Waals surface area contributed by atoms with Crippen molar-refractivity contribution in [1.82, 2.24) is 19.6 Å². The molecule has 0 aliphatic heterocycles. The molecular formula is C15H13N5O. The van der Waals surface area contributed by atoms with Gasteiger partial charge in [-0.1, -0.05) is 13.8 Å². The van der Waals surface area contributed by atoms with E-state index in [4.69, 9.17) is 5.26 Å². The number of fused-ring (bicyclic) bond motifs is 1. The summed E-state index contributed by atoms with van der Waals surface area (Å²) in [4.78, 5) is 21.3. The van der Waals surface area contributed by atoms with Gasteiger partial charge < -0.3 is 0 Å². The van der Waals surface area contributed by atoms with Gasteiger partial charge in [-0.25, -0.2) is 9.50 Å². The van der Waals surface area contributed by atoms with Crippen LogP contribution >= 0.6 is 0 Å². The first-order chi connectivity index (χ1) is 10.1. The lowest BCUT2D eigenvalue weighted by Crippen LogP contribution is -2.22. The fraction of sp³-hybridized carbons (Fsp3) is 0.200. The maximum Gasteiger partial charge on any atom is 0.276 e. The smallest absolute Gasteiger partial charge is 0.276 e. The van der Waals surface area contributed by atoms with Crippen molar-refractivity contribution in [3.05, 3.63) is 52.2 Å². The van der Waals surface area contributed by atoms with E-state index >= 15 is 0 Å². The van der Waals surface area contributed by atoms with Crippen molar-refractivity contribution < 1.29 is 0 Å². The van der Waals surface area contributed by atoms with E-state index < -0.39 is 0 Å². The van der Waals surface area contributed by atoms with Crippen LogP contribution in [0.2, 0.25) is 0 Å². The maximum absolute atomic E-state index is 12.7. The van der Waals surface area contributed by atoms with E-state index in [1.807, 2.05) is 26.0 Å². The zero-order valence-electron chi connectivity index (χ0n) is 11.7. The van der Waals surface area contributed by atoms with Crippen molar-refractivity contribution in [3.63, 3.8) is 0 Å². The van der Waals surface area contributed by atoms with Gasteiger partial charge in [0.05, 0.1) is 5.69 Å². The molecule has 6 heteroatoms. The summed E-state index contributed by atoms with van der Waals surface area (Å²) in [6.07, 6.45) is 4.82. The molecule has 3 rings (SSSR count). The maximum atomic E-state index is 12.7. The Balaban J connectivity index is 2.45. The SMILES string of the molecule is CC(C)c1c(-c2cccnc2)nc2c(C#N)c[nH]n2c1=O. The van der Waals surface area contributed by atoms with Gasteiger partial charge in [0, 0.05) is 29.7 Å². The van der Waals surface area contributed by atoms with E-state index in [0.717, 1.165) is 5.56 Å². The van der Waals surface area contributed by atoms with Crippen molar-refractivity contribution in [2.45, 2.75) is 19.8 Å². The number of hydrogen-bond acceptors (Lipinski definition) is 4. The van der Waals surface area contributed by atoms with Gasteiger partial charge in [-0.05, 0) is 18.1 Å². The summed E-state index contributed by atoms with van der Waals surface area (Å²) < 4.78 is 1.31. The summed E-state index contributed by atoms with van der Waals surface area (Å²) >= 11 is 0. The monoisotopic (exact) mass is 279 g/mol. The van der Waals surface area contributed by atoms with E-state index in [1.54, 1.807) is 18.5 Å². The lowest BCUT2D eigenvalue weighted by Gasteiger charge is -2.11. The Morgan fingerprint density at radius 3 is 2.86 bits per heavy atom. The highest BCUT2D eigenvalue weighted by molar-refractivity contribution is 5.67. The Morgan fingerprint density at radius 2 is 2.24 bits per heavy atom. The Kier molecular flexibility index (Phi) is 3.03. The number of aromatic amines is 1. The summed E-state index contributed by atoms with van der Waals surface area (Å²) in [6, 6.07) is 5.69. The van der Waals surface area contributed by atoms with E-state index in [0.29, 0.717) is 22.5 Å². The molecule has 0 aliphatic carbocycles. The molecule has 0 radical (unpaired) electrons. The first kappa shape index (κ1) is 13.1. The average molecular weight is 279 g/mol. The van der Waals surface area contributed by atoms with Gasteiger partial charge in [0.15, 0.2) is 5.65 Å². The minimum absolute atomic E-state index is 0.00550. The van der Waals surface area contributed by atoms with Crippen LogP contribution in [0, 0.1) is 11.3 Å². The van der Waals surface area contributed by atoms with E-state index in [9.17, 15) is 4.79 Å². The third-order valence-corrected chi connectivity index (χ3v) is 3.33. The molecule has 0 unspecified atom stereocenters. The molecule has 0 fully saturated rings. The van der Waals surface area contributed by atoms with Crippen molar-refractivity contribution in [1.29, 1.82) is 5.26 Å². The van der Waals surface area contributed by atoms with Crippen LogP contribution in [0.3, 0.4) is 0 Å². The minimum Gasteiger partial charge on any atom is -0.295 e. The lowest BCUT2D eigenvalue weighted by atomic mass is 9.99. The number of aromatic nitrogens is 4. The Hall–Kier alpha value is -2.94. The molecule has 104 valence electrons. The molecule has 0 saturated heterocycles. The first-order valence-electron chi connectivity index (χ1n) is 6.58. The average Bonchev–Trinajstić information content (AvgIpc) is 2.91. The summed E-state index contributed by atoms with van der Waals surface area (Å²) in [5.74, 6) is 0.00550. The van der Waals surface area contributed by atoms with Gasteiger partial charge in [0.2, 0.25) is 0 Å². The van der Waals surface area contributed by atoms with Gasteiger partial charge in [-0.15, -0.1) is 0 Å².